The Kier molecular flexibility index (Phi) is 17.4. The van der Waals surface area contributed by atoms with Gasteiger partial charge in [-0.15, -0.1) is 0 Å². The summed E-state index contributed by atoms with van der Waals surface area (Å²) in [5.41, 5.74) is 0. The van der Waals surface area contributed by atoms with E-state index in [1.807, 2.05) is 0 Å². The van der Waals surface area contributed by atoms with Gasteiger partial charge in [-0.3, -0.25) is 0 Å². The molecule has 0 aliphatic rings. The van der Waals surface area contributed by atoms with Crippen LogP contribution in [0, 0.1) is 0 Å². The van der Waals surface area contributed by atoms with E-state index in [4.69, 9.17) is 0 Å². The minimum absolute atomic E-state index is 0. The molecule has 0 fully saturated rings. The third-order valence-electron chi connectivity index (χ3n) is 5.09. The number of aromatic nitrogens is 2. The van der Waals surface area contributed by atoms with Crippen LogP contribution in [0.15, 0.2) is 18.7 Å². The maximum atomic E-state index is 2.30. The van der Waals surface area contributed by atoms with E-state index < -0.39 is 0 Å². The molecule has 3 nitrogen and oxygen atoms in total. The van der Waals surface area contributed by atoms with Crippen molar-refractivity contribution in [3.05, 3.63) is 18.7 Å². The molecule has 0 aliphatic heterocycles. The van der Waals surface area contributed by atoms with Gasteiger partial charge in [-0.2, -0.15) is 0 Å². The second-order valence-corrected chi connectivity index (χ2v) is 7.62. The summed E-state index contributed by atoms with van der Waals surface area (Å²) in [6, 6.07) is 0. The Balaban J connectivity index is 0.00000576. The lowest BCUT2D eigenvalue weighted by molar-refractivity contribution is -0.671. The largest absolute Gasteiger partial charge is 0.870 e. The van der Waals surface area contributed by atoms with E-state index >= 15 is 0 Å². The molecule has 0 saturated carbocycles. The van der Waals surface area contributed by atoms with Crippen LogP contribution in [0.4, 0.5) is 0 Å². The van der Waals surface area contributed by atoms with Crippen molar-refractivity contribution in [3.8, 4) is 0 Å². The summed E-state index contributed by atoms with van der Waals surface area (Å²) < 4.78 is 4.41. The Morgan fingerprint density at radius 3 is 1.40 bits per heavy atom. The van der Waals surface area contributed by atoms with Gasteiger partial charge in [-0.25, -0.2) is 9.13 Å². The predicted molar refractivity (Wildman–Crippen MR) is 107 cm³/mol. The van der Waals surface area contributed by atoms with Crippen LogP contribution in [-0.4, -0.2) is 10.0 Å². The summed E-state index contributed by atoms with van der Waals surface area (Å²) >= 11 is 0. The zero-order valence-electron chi connectivity index (χ0n) is 17.1. The van der Waals surface area contributed by atoms with Crippen LogP contribution in [0.1, 0.15) is 110 Å². The number of hydrogen-bond donors (Lipinski definition) is 0. The molecule has 1 aromatic rings. The van der Waals surface area contributed by atoms with E-state index in [9.17, 15) is 0 Å². The van der Waals surface area contributed by atoms with Gasteiger partial charge in [0.15, 0.2) is 0 Å². The molecule has 0 spiro atoms. The molecule has 25 heavy (non-hydrogen) atoms. The molecule has 1 aromatic heterocycles. The molecule has 0 aliphatic carbocycles. The number of nitrogens with zero attached hydrogens (tertiary/aromatic N) is 2. The van der Waals surface area contributed by atoms with E-state index in [1.54, 1.807) is 0 Å². The lowest BCUT2D eigenvalue weighted by Crippen LogP contribution is -2.23. The molecule has 1 heterocycles. The zero-order chi connectivity index (χ0) is 17.3. The van der Waals surface area contributed by atoms with Crippen LogP contribution < -0.4 is 4.57 Å². The normalized spacial score (nSPS) is 10.8. The van der Waals surface area contributed by atoms with Gasteiger partial charge in [-0.1, -0.05) is 96.8 Å². The van der Waals surface area contributed by atoms with Crippen LogP contribution in [-0.2, 0) is 13.6 Å². The van der Waals surface area contributed by atoms with Gasteiger partial charge in [0.1, 0.15) is 12.4 Å². The van der Waals surface area contributed by atoms with Gasteiger partial charge in [0.05, 0.1) is 13.6 Å². The second-order valence-electron chi connectivity index (χ2n) is 7.62. The molecule has 0 bridgehead atoms. The Hall–Kier alpha value is -0.830. The van der Waals surface area contributed by atoms with Crippen molar-refractivity contribution < 1.29 is 10.0 Å². The summed E-state index contributed by atoms with van der Waals surface area (Å²) in [5, 5.41) is 0. The molecular weight excluding hydrogens is 308 g/mol. The van der Waals surface area contributed by atoms with E-state index in [-0.39, 0.29) is 5.48 Å². The summed E-state index contributed by atoms with van der Waals surface area (Å²) in [6.45, 7) is 3.48. The zero-order valence-corrected chi connectivity index (χ0v) is 17.1. The first-order valence-electron chi connectivity index (χ1n) is 10.8. The Bertz CT molecular complexity index is 376. The fraction of sp³-hybridized carbons (Fsp3) is 0.864. The second kappa shape index (κ2) is 18.0. The smallest absolute Gasteiger partial charge is 0.243 e. The van der Waals surface area contributed by atoms with Crippen molar-refractivity contribution in [2.24, 2.45) is 7.05 Å². The monoisotopic (exact) mass is 352 g/mol. The molecule has 0 saturated heterocycles. The number of imidazole rings is 1. The molecule has 0 amide bonds. The van der Waals surface area contributed by atoms with Gasteiger partial charge in [0, 0.05) is 0 Å². The number of hydrogen-bond acceptors (Lipinski definition) is 1. The van der Waals surface area contributed by atoms with Crippen molar-refractivity contribution in [2.75, 3.05) is 0 Å². The molecule has 1 rings (SSSR count). The van der Waals surface area contributed by atoms with E-state index in [2.05, 4.69) is 41.8 Å². The lowest BCUT2D eigenvalue weighted by Gasteiger charge is -2.03. The van der Waals surface area contributed by atoms with Crippen molar-refractivity contribution in [3.63, 3.8) is 0 Å². The molecular formula is C22H44N2O. The van der Waals surface area contributed by atoms with Gasteiger partial charge >= 0.3 is 0 Å². The number of aryl methyl sites for hydroxylation is 2. The maximum Gasteiger partial charge on any atom is 0.243 e. The van der Waals surface area contributed by atoms with Gasteiger partial charge < -0.3 is 5.48 Å². The van der Waals surface area contributed by atoms with E-state index in [1.165, 1.54) is 109 Å². The number of unbranched alkanes of at least 4 members (excludes halogenated alkanes) is 15. The first-order chi connectivity index (χ1) is 11.8. The van der Waals surface area contributed by atoms with E-state index in [0.717, 1.165) is 0 Å². The van der Waals surface area contributed by atoms with Gasteiger partial charge in [0.25, 0.3) is 0 Å². The highest BCUT2D eigenvalue weighted by Gasteiger charge is 1.99. The fourth-order valence-electron chi connectivity index (χ4n) is 3.48. The number of rotatable bonds is 17. The van der Waals surface area contributed by atoms with Gasteiger partial charge in [-0.05, 0) is 12.8 Å². The fourth-order valence-corrected chi connectivity index (χ4v) is 3.48. The van der Waals surface area contributed by atoms with Crippen molar-refractivity contribution in [1.82, 2.24) is 4.57 Å². The summed E-state index contributed by atoms with van der Waals surface area (Å²) in [7, 11) is 2.09. The minimum atomic E-state index is 0. The standard InChI is InChI=1S/C22H43N2.H2O/c1-3-4-5-6-7-8-9-10-11-12-13-14-15-16-17-18-19-24-21-20-23(2)22-24;/h20-22H,3-19H2,1-2H3;1H2/q+1;/p-1. The molecule has 0 unspecified atom stereocenters. The highest BCUT2D eigenvalue weighted by atomic mass is 16.0. The van der Waals surface area contributed by atoms with Crippen LogP contribution in [0.25, 0.3) is 0 Å². The quantitative estimate of drug-likeness (QED) is 0.236. The maximum absolute atomic E-state index is 2.30. The summed E-state index contributed by atoms with van der Waals surface area (Å²) in [5.74, 6) is 0. The van der Waals surface area contributed by atoms with Crippen molar-refractivity contribution in [2.45, 2.75) is 116 Å². The predicted octanol–water partition coefficient (Wildman–Crippen LogP) is 6.40. The molecule has 0 aromatic carbocycles. The highest BCUT2D eigenvalue weighted by molar-refractivity contribution is 4.65. The molecule has 3 heteroatoms. The SMILES string of the molecule is CCCCCCCCCCCCCCCCCCn1cc[n+](C)c1.[OH-]. The summed E-state index contributed by atoms with van der Waals surface area (Å²) in [6.07, 6.45) is 29.5. The third kappa shape index (κ3) is 15.2. The van der Waals surface area contributed by atoms with Crippen molar-refractivity contribution >= 4 is 0 Å². The topological polar surface area (TPSA) is 38.8 Å². The van der Waals surface area contributed by atoms with Gasteiger partial charge in [0.2, 0.25) is 6.33 Å². The van der Waals surface area contributed by atoms with Crippen LogP contribution in [0.2, 0.25) is 0 Å². The first kappa shape index (κ1) is 24.2. The highest BCUT2D eigenvalue weighted by Crippen LogP contribution is 2.13. The van der Waals surface area contributed by atoms with Crippen LogP contribution in [0.3, 0.4) is 0 Å². The Labute approximate surface area is 157 Å². The first-order valence-corrected chi connectivity index (χ1v) is 10.8. The minimum Gasteiger partial charge on any atom is -0.870 e. The lowest BCUT2D eigenvalue weighted by atomic mass is 10.0. The average Bonchev–Trinajstić information content (AvgIpc) is 3.00. The molecule has 0 atom stereocenters. The third-order valence-corrected chi connectivity index (χ3v) is 5.09. The van der Waals surface area contributed by atoms with Crippen LogP contribution in [0.5, 0.6) is 0 Å². The average molecular weight is 353 g/mol. The molecule has 0 radical (unpaired) electrons. The molecule has 1 N–H and O–H groups in total. The van der Waals surface area contributed by atoms with Crippen LogP contribution >= 0.6 is 0 Å². The summed E-state index contributed by atoms with van der Waals surface area (Å²) in [4.78, 5) is 0. The van der Waals surface area contributed by atoms with E-state index in [0.29, 0.717) is 0 Å². The Morgan fingerprint density at radius 2 is 1.04 bits per heavy atom. The molecule has 148 valence electrons. The van der Waals surface area contributed by atoms with Crippen molar-refractivity contribution in [1.29, 1.82) is 0 Å². The Morgan fingerprint density at radius 1 is 0.640 bits per heavy atom.